The van der Waals surface area contributed by atoms with E-state index in [1.165, 1.54) is 0 Å². The molecule has 1 amide bonds. The highest BCUT2D eigenvalue weighted by molar-refractivity contribution is 7.98. The summed E-state index contributed by atoms with van der Waals surface area (Å²) in [5, 5.41) is 12.7. The number of nitrogens with one attached hydrogen (secondary N) is 1. The van der Waals surface area contributed by atoms with Gasteiger partial charge in [0, 0.05) is 11.6 Å². The minimum absolute atomic E-state index is 0.0692. The van der Waals surface area contributed by atoms with Gasteiger partial charge >= 0.3 is 5.97 Å². The van der Waals surface area contributed by atoms with Gasteiger partial charge in [-0.25, -0.2) is 4.79 Å². The molecule has 0 bridgehead atoms. The van der Waals surface area contributed by atoms with Crippen molar-refractivity contribution in [3.8, 4) is 5.75 Å². The zero-order valence-electron chi connectivity index (χ0n) is 13.1. The quantitative estimate of drug-likeness (QED) is 0.770. The molecule has 0 saturated heterocycles. The van der Waals surface area contributed by atoms with Crippen LogP contribution in [0.2, 0.25) is 0 Å². The molecule has 2 rings (SSSR count). The van der Waals surface area contributed by atoms with Crippen LogP contribution in [0.3, 0.4) is 0 Å². The predicted octanol–water partition coefficient (Wildman–Crippen LogP) is 1.97. The molecule has 23 heavy (non-hydrogen) atoms. The number of hydrogen-bond acceptors (Lipinski definition) is 4. The third-order valence-electron chi connectivity index (χ3n) is 3.55. The lowest BCUT2D eigenvalue weighted by molar-refractivity contribution is -0.141. The Morgan fingerprint density at radius 2 is 2.17 bits per heavy atom. The molecule has 0 radical (unpaired) electrons. The van der Waals surface area contributed by atoms with Crippen molar-refractivity contribution >= 4 is 34.5 Å². The van der Waals surface area contributed by atoms with Gasteiger partial charge in [0.2, 0.25) is 5.91 Å². The van der Waals surface area contributed by atoms with Gasteiger partial charge in [0.1, 0.15) is 18.3 Å². The van der Waals surface area contributed by atoms with Crippen molar-refractivity contribution in [1.29, 1.82) is 0 Å². The van der Waals surface area contributed by atoms with Gasteiger partial charge < -0.3 is 19.7 Å². The fourth-order valence-electron chi connectivity index (χ4n) is 2.40. The van der Waals surface area contributed by atoms with Gasteiger partial charge in [0.05, 0.1) is 12.6 Å². The number of benzene rings is 1. The van der Waals surface area contributed by atoms with E-state index in [2.05, 4.69) is 5.32 Å². The van der Waals surface area contributed by atoms with E-state index in [9.17, 15) is 9.59 Å². The summed E-state index contributed by atoms with van der Waals surface area (Å²) in [7, 11) is 1.60. The van der Waals surface area contributed by atoms with Crippen LogP contribution in [0.5, 0.6) is 5.75 Å². The standard InChI is InChI=1S/C16H20N2O4S/c1-22-14-5-3-4-13-11(14)6-8-18(13)10-15(19)17-12(16(20)21)7-9-23-2/h3-6,8,12H,7,9-10H2,1-2H3,(H,17,19)(H,20,21)/t12-/m0/s1. The van der Waals surface area contributed by atoms with Gasteiger partial charge in [0.25, 0.3) is 0 Å². The fraction of sp³-hybridized carbons (Fsp3) is 0.375. The number of hydrogen-bond donors (Lipinski definition) is 2. The topological polar surface area (TPSA) is 80.6 Å². The smallest absolute Gasteiger partial charge is 0.326 e. The Morgan fingerprint density at radius 1 is 1.39 bits per heavy atom. The maximum Gasteiger partial charge on any atom is 0.326 e. The van der Waals surface area contributed by atoms with Gasteiger partial charge in [-0.3, -0.25) is 4.79 Å². The van der Waals surface area contributed by atoms with Crippen molar-refractivity contribution in [3.05, 3.63) is 30.5 Å². The second-order valence-electron chi connectivity index (χ2n) is 5.08. The Kier molecular flexibility index (Phi) is 5.92. The minimum Gasteiger partial charge on any atom is -0.496 e. The number of thioether (sulfide) groups is 1. The lowest BCUT2D eigenvalue weighted by Crippen LogP contribution is -2.42. The lowest BCUT2D eigenvalue weighted by atomic mass is 10.2. The molecule has 0 spiro atoms. The molecule has 0 aliphatic rings. The van der Waals surface area contributed by atoms with Crippen LogP contribution in [0.1, 0.15) is 6.42 Å². The Morgan fingerprint density at radius 3 is 2.83 bits per heavy atom. The SMILES string of the molecule is COc1cccc2c1ccn2CC(=O)N[C@@H](CCSC)C(=O)O. The largest absolute Gasteiger partial charge is 0.496 e. The van der Waals surface area contributed by atoms with E-state index < -0.39 is 12.0 Å². The summed E-state index contributed by atoms with van der Waals surface area (Å²) >= 11 is 1.55. The zero-order chi connectivity index (χ0) is 16.8. The van der Waals surface area contributed by atoms with Gasteiger partial charge in [-0.05, 0) is 36.6 Å². The summed E-state index contributed by atoms with van der Waals surface area (Å²) in [6.07, 6.45) is 4.10. The summed E-state index contributed by atoms with van der Waals surface area (Å²) in [4.78, 5) is 23.3. The third kappa shape index (κ3) is 4.19. The van der Waals surface area contributed by atoms with Crippen LogP contribution in [-0.2, 0) is 16.1 Å². The third-order valence-corrected chi connectivity index (χ3v) is 4.20. The van der Waals surface area contributed by atoms with Crippen molar-refractivity contribution < 1.29 is 19.4 Å². The summed E-state index contributed by atoms with van der Waals surface area (Å²) in [6, 6.07) is 6.63. The van der Waals surface area contributed by atoms with Crippen molar-refractivity contribution in [3.63, 3.8) is 0 Å². The number of rotatable bonds is 8. The molecule has 0 fully saturated rings. The Bertz CT molecular complexity index is 698. The highest BCUT2D eigenvalue weighted by Gasteiger charge is 2.19. The molecule has 1 aromatic heterocycles. The van der Waals surface area contributed by atoms with Gasteiger partial charge in [0.15, 0.2) is 0 Å². The van der Waals surface area contributed by atoms with E-state index in [-0.39, 0.29) is 12.5 Å². The first-order chi connectivity index (χ1) is 11.1. The molecule has 7 heteroatoms. The normalized spacial score (nSPS) is 12.1. The molecule has 0 saturated carbocycles. The number of carbonyl (C=O) groups is 2. The van der Waals surface area contributed by atoms with Crippen molar-refractivity contribution in [2.45, 2.75) is 19.0 Å². The molecule has 6 nitrogen and oxygen atoms in total. The lowest BCUT2D eigenvalue weighted by Gasteiger charge is -2.14. The maximum atomic E-state index is 12.2. The number of fused-ring (bicyclic) bond motifs is 1. The van der Waals surface area contributed by atoms with Crippen LogP contribution < -0.4 is 10.1 Å². The number of aliphatic carboxylic acids is 1. The van der Waals surface area contributed by atoms with Crippen LogP contribution >= 0.6 is 11.8 Å². The second-order valence-corrected chi connectivity index (χ2v) is 6.06. The Hall–Kier alpha value is -2.15. The minimum atomic E-state index is -1.01. The molecule has 1 heterocycles. The van der Waals surface area contributed by atoms with E-state index in [0.29, 0.717) is 12.2 Å². The van der Waals surface area contributed by atoms with Crippen LogP contribution in [0.25, 0.3) is 10.9 Å². The zero-order valence-corrected chi connectivity index (χ0v) is 13.9. The maximum absolute atomic E-state index is 12.2. The van der Waals surface area contributed by atoms with Gasteiger partial charge in [-0.1, -0.05) is 6.07 Å². The van der Waals surface area contributed by atoms with Crippen molar-refractivity contribution in [2.75, 3.05) is 19.1 Å². The van der Waals surface area contributed by atoms with Crippen LogP contribution in [0.15, 0.2) is 30.5 Å². The molecule has 1 atom stereocenters. The molecule has 124 valence electrons. The molecule has 2 aromatic rings. The predicted molar refractivity (Wildman–Crippen MR) is 91.1 cm³/mol. The first-order valence-electron chi connectivity index (χ1n) is 7.19. The summed E-state index contributed by atoms with van der Waals surface area (Å²) < 4.78 is 7.07. The highest BCUT2D eigenvalue weighted by atomic mass is 32.2. The summed E-state index contributed by atoms with van der Waals surface area (Å²) in [5.41, 5.74) is 0.871. The molecular weight excluding hydrogens is 316 g/mol. The number of ether oxygens (including phenoxy) is 1. The number of methoxy groups -OCH3 is 1. The first-order valence-corrected chi connectivity index (χ1v) is 8.59. The van der Waals surface area contributed by atoms with Gasteiger partial charge in [-0.2, -0.15) is 11.8 Å². The molecule has 0 aliphatic heterocycles. The first kappa shape index (κ1) is 17.2. The van der Waals surface area contributed by atoms with E-state index >= 15 is 0 Å². The van der Waals surface area contributed by atoms with E-state index in [4.69, 9.17) is 9.84 Å². The van der Waals surface area contributed by atoms with Crippen LogP contribution in [-0.4, -0.2) is 46.7 Å². The average Bonchev–Trinajstić information content (AvgIpc) is 2.94. The molecule has 1 aromatic carbocycles. The average molecular weight is 336 g/mol. The Balaban J connectivity index is 2.09. The molecule has 2 N–H and O–H groups in total. The van der Waals surface area contributed by atoms with Gasteiger partial charge in [-0.15, -0.1) is 0 Å². The van der Waals surface area contributed by atoms with Crippen molar-refractivity contribution in [2.24, 2.45) is 0 Å². The molecule has 0 aliphatic carbocycles. The fourth-order valence-corrected chi connectivity index (χ4v) is 2.87. The molecular formula is C16H20N2O4S. The summed E-state index contributed by atoms with van der Waals surface area (Å²) in [6.45, 7) is 0.0692. The highest BCUT2D eigenvalue weighted by Crippen LogP contribution is 2.26. The number of carbonyl (C=O) groups excluding carboxylic acids is 1. The number of carboxylic acids is 1. The van der Waals surface area contributed by atoms with Crippen LogP contribution in [0, 0.1) is 0 Å². The van der Waals surface area contributed by atoms with E-state index in [1.807, 2.05) is 30.5 Å². The van der Waals surface area contributed by atoms with E-state index in [0.717, 1.165) is 16.7 Å². The monoisotopic (exact) mass is 336 g/mol. The second kappa shape index (κ2) is 7.92. The number of carboxylic acid groups (broad SMARTS) is 1. The van der Waals surface area contributed by atoms with E-state index in [1.54, 1.807) is 29.6 Å². The number of aromatic nitrogens is 1. The van der Waals surface area contributed by atoms with Crippen LogP contribution in [0.4, 0.5) is 0 Å². The molecule has 0 unspecified atom stereocenters. The van der Waals surface area contributed by atoms with Crippen molar-refractivity contribution in [1.82, 2.24) is 9.88 Å². The summed E-state index contributed by atoms with van der Waals surface area (Å²) in [5.74, 6) is 0.0938. The number of nitrogens with zero attached hydrogens (tertiary/aromatic N) is 1. The Labute approximate surface area is 138 Å². The number of amides is 1.